The van der Waals surface area contributed by atoms with E-state index in [-0.39, 0.29) is 10.7 Å². The number of hydrogen-bond donors (Lipinski definition) is 2. The van der Waals surface area contributed by atoms with Crippen molar-refractivity contribution in [2.24, 2.45) is 0 Å². The molecule has 4 rings (SSSR count). The molecular formula is C29H26FN3O6S. The van der Waals surface area contributed by atoms with Crippen LogP contribution in [0, 0.1) is 19.7 Å². The Morgan fingerprint density at radius 2 is 1.65 bits per heavy atom. The van der Waals surface area contributed by atoms with Gasteiger partial charge in [-0.25, -0.2) is 4.39 Å². The highest BCUT2D eigenvalue weighted by atomic mass is 32.2. The quantitative estimate of drug-likeness (QED) is 0.347. The van der Waals surface area contributed by atoms with Gasteiger partial charge in [-0.15, -0.1) is 0 Å². The zero-order chi connectivity index (χ0) is 28.8. The molecule has 1 heterocycles. The molecule has 11 heteroatoms. The molecule has 206 valence electrons. The molecule has 1 fully saturated rings. The Morgan fingerprint density at radius 1 is 0.950 bits per heavy atom. The second-order valence-corrected chi connectivity index (χ2v) is 9.83. The molecule has 0 saturated carbocycles. The number of ether oxygens (including phenoxy) is 2. The molecule has 0 unspecified atom stereocenters. The number of nitrogens with zero attached hydrogens (tertiary/aromatic N) is 1. The summed E-state index contributed by atoms with van der Waals surface area (Å²) < 4.78 is 24.2. The maximum Gasteiger partial charge on any atom is 0.294 e. The number of halogens is 1. The number of hydrogen-bond acceptors (Lipinski definition) is 7. The van der Waals surface area contributed by atoms with Crippen LogP contribution in [0.3, 0.4) is 0 Å². The van der Waals surface area contributed by atoms with Crippen molar-refractivity contribution in [3.8, 4) is 11.5 Å². The third-order valence-electron chi connectivity index (χ3n) is 5.96. The van der Waals surface area contributed by atoms with Crippen LogP contribution < -0.4 is 20.1 Å². The van der Waals surface area contributed by atoms with Crippen LogP contribution >= 0.6 is 11.8 Å². The Balaban J connectivity index is 1.46. The van der Waals surface area contributed by atoms with Crippen molar-refractivity contribution in [1.29, 1.82) is 0 Å². The number of methoxy groups -OCH3 is 1. The predicted octanol–water partition coefficient (Wildman–Crippen LogP) is 5.14. The standard InChI is InChI=1S/C29H26FN3O6S/c1-17-7-10-22(13-18(17)2)32-25(34)15-33-28(36)24(40-29(33)37)14-19-5-4-6-23(38-3)27(19)39-16-26(35)31-21-11-8-20(30)9-12-21/h4-14H,15-16H2,1-3H3,(H,31,35)(H,32,34)/b24-14+. The highest BCUT2D eigenvalue weighted by molar-refractivity contribution is 8.18. The van der Waals surface area contributed by atoms with Crippen molar-refractivity contribution in [3.05, 3.63) is 88.1 Å². The zero-order valence-corrected chi connectivity index (χ0v) is 22.8. The van der Waals surface area contributed by atoms with E-state index in [0.717, 1.165) is 16.0 Å². The summed E-state index contributed by atoms with van der Waals surface area (Å²) in [5.74, 6) is -1.59. The molecule has 4 amide bonds. The third kappa shape index (κ3) is 6.86. The number of amides is 4. The molecule has 0 aromatic heterocycles. The van der Waals surface area contributed by atoms with Crippen LogP contribution in [0.25, 0.3) is 6.08 Å². The Bertz CT molecular complexity index is 1510. The van der Waals surface area contributed by atoms with E-state index in [9.17, 15) is 23.6 Å². The smallest absolute Gasteiger partial charge is 0.294 e. The Hall–Kier alpha value is -4.64. The average Bonchev–Trinajstić information content (AvgIpc) is 3.18. The van der Waals surface area contributed by atoms with Crippen LogP contribution in [0.15, 0.2) is 65.6 Å². The van der Waals surface area contributed by atoms with Gasteiger partial charge in [0.1, 0.15) is 12.4 Å². The van der Waals surface area contributed by atoms with Crippen molar-refractivity contribution < 1.29 is 33.0 Å². The molecule has 0 aliphatic carbocycles. The third-order valence-corrected chi connectivity index (χ3v) is 6.86. The van der Waals surface area contributed by atoms with Gasteiger partial charge in [0.15, 0.2) is 18.1 Å². The van der Waals surface area contributed by atoms with Crippen LogP contribution in [0.5, 0.6) is 11.5 Å². The van der Waals surface area contributed by atoms with Gasteiger partial charge in [-0.1, -0.05) is 18.2 Å². The molecule has 0 bridgehead atoms. The molecule has 0 spiro atoms. The molecule has 0 atom stereocenters. The number of aryl methyl sites for hydroxylation is 2. The zero-order valence-electron chi connectivity index (χ0n) is 21.9. The van der Waals surface area contributed by atoms with Gasteiger partial charge in [0.05, 0.1) is 12.0 Å². The summed E-state index contributed by atoms with van der Waals surface area (Å²) in [6, 6.07) is 15.6. The molecule has 40 heavy (non-hydrogen) atoms. The van der Waals surface area contributed by atoms with E-state index >= 15 is 0 Å². The van der Waals surface area contributed by atoms with Crippen molar-refractivity contribution in [2.45, 2.75) is 13.8 Å². The molecule has 3 aromatic carbocycles. The number of rotatable bonds is 9. The van der Waals surface area contributed by atoms with E-state index < -0.39 is 41.9 Å². The Kier molecular flexibility index (Phi) is 8.85. The van der Waals surface area contributed by atoms with Gasteiger partial charge in [-0.2, -0.15) is 0 Å². The van der Waals surface area contributed by atoms with Crippen molar-refractivity contribution in [2.75, 3.05) is 30.9 Å². The maximum absolute atomic E-state index is 13.1. The van der Waals surface area contributed by atoms with Gasteiger partial charge in [0, 0.05) is 16.9 Å². The molecular weight excluding hydrogens is 537 g/mol. The number of thioether (sulfide) groups is 1. The van der Waals surface area contributed by atoms with E-state index in [0.29, 0.717) is 34.4 Å². The van der Waals surface area contributed by atoms with Crippen molar-refractivity contribution in [3.63, 3.8) is 0 Å². The van der Waals surface area contributed by atoms with Gasteiger partial charge in [-0.05, 0) is 85.3 Å². The fourth-order valence-electron chi connectivity index (χ4n) is 3.77. The second kappa shape index (κ2) is 12.5. The normalized spacial score (nSPS) is 13.9. The monoisotopic (exact) mass is 563 g/mol. The van der Waals surface area contributed by atoms with Crippen LogP contribution in [0.1, 0.15) is 16.7 Å². The summed E-state index contributed by atoms with van der Waals surface area (Å²) in [5.41, 5.74) is 3.42. The first-order chi connectivity index (χ1) is 19.1. The first-order valence-electron chi connectivity index (χ1n) is 12.1. The highest BCUT2D eigenvalue weighted by Crippen LogP contribution is 2.37. The summed E-state index contributed by atoms with van der Waals surface area (Å²) in [6.07, 6.45) is 1.45. The van der Waals surface area contributed by atoms with Crippen LogP contribution in [-0.2, 0) is 14.4 Å². The number of imide groups is 1. The molecule has 3 aromatic rings. The van der Waals surface area contributed by atoms with Crippen LogP contribution in [-0.4, -0.2) is 48.1 Å². The minimum absolute atomic E-state index is 0.0813. The number of para-hydroxylation sites is 1. The summed E-state index contributed by atoms with van der Waals surface area (Å²) in [4.78, 5) is 51.6. The molecule has 2 N–H and O–H groups in total. The Morgan fingerprint density at radius 3 is 2.35 bits per heavy atom. The van der Waals surface area contributed by atoms with Crippen molar-refractivity contribution in [1.82, 2.24) is 4.90 Å². The Labute approximate surface area is 234 Å². The van der Waals surface area contributed by atoms with Crippen LogP contribution in [0.4, 0.5) is 20.6 Å². The summed E-state index contributed by atoms with van der Waals surface area (Å²) in [5, 5.41) is 4.71. The SMILES string of the molecule is COc1cccc(/C=C2/SC(=O)N(CC(=O)Nc3ccc(C)c(C)c3)C2=O)c1OCC(=O)Nc1ccc(F)cc1. The largest absolute Gasteiger partial charge is 0.493 e. The van der Waals surface area contributed by atoms with E-state index in [1.54, 1.807) is 24.3 Å². The minimum Gasteiger partial charge on any atom is -0.493 e. The summed E-state index contributed by atoms with van der Waals surface area (Å²) in [6.45, 7) is 3.02. The van der Waals surface area contributed by atoms with Crippen LogP contribution in [0.2, 0.25) is 0 Å². The lowest BCUT2D eigenvalue weighted by atomic mass is 10.1. The van der Waals surface area contributed by atoms with Gasteiger partial charge in [-0.3, -0.25) is 24.1 Å². The topological polar surface area (TPSA) is 114 Å². The highest BCUT2D eigenvalue weighted by Gasteiger charge is 2.36. The lowest BCUT2D eigenvalue weighted by Crippen LogP contribution is -2.36. The predicted molar refractivity (Wildman–Crippen MR) is 151 cm³/mol. The lowest BCUT2D eigenvalue weighted by molar-refractivity contribution is -0.127. The summed E-state index contributed by atoms with van der Waals surface area (Å²) >= 11 is 0.691. The second-order valence-electron chi connectivity index (χ2n) is 8.84. The minimum atomic E-state index is -0.631. The molecule has 1 aliphatic rings. The maximum atomic E-state index is 13.1. The van der Waals surface area contributed by atoms with E-state index in [2.05, 4.69) is 10.6 Å². The van der Waals surface area contributed by atoms with E-state index in [4.69, 9.17) is 9.47 Å². The molecule has 1 saturated heterocycles. The lowest BCUT2D eigenvalue weighted by Gasteiger charge is -2.14. The van der Waals surface area contributed by atoms with Crippen molar-refractivity contribution >= 4 is 52.2 Å². The number of benzene rings is 3. The first-order valence-corrected chi connectivity index (χ1v) is 12.9. The number of carbonyl (C=O) groups is 4. The molecule has 9 nitrogen and oxygen atoms in total. The molecule has 1 aliphatic heterocycles. The number of carbonyl (C=O) groups excluding carboxylic acids is 4. The van der Waals surface area contributed by atoms with Gasteiger partial charge in [0.2, 0.25) is 5.91 Å². The number of anilines is 2. The number of nitrogens with one attached hydrogen (secondary N) is 2. The van der Waals surface area contributed by atoms with Gasteiger partial charge >= 0.3 is 0 Å². The average molecular weight is 564 g/mol. The molecule has 0 radical (unpaired) electrons. The first kappa shape index (κ1) is 28.4. The fraction of sp³-hybridized carbons (Fsp3) is 0.172. The van der Waals surface area contributed by atoms with Gasteiger partial charge in [0.25, 0.3) is 17.1 Å². The van der Waals surface area contributed by atoms with E-state index in [1.165, 1.54) is 37.5 Å². The summed E-state index contributed by atoms with van der Waals surface area (Å²) in [7, 11) is 1.42. The fourth-order valence-corrected chi connectivity index (χ4v) is 4.60. The van der Waals surface area contributed by atoms with Gasteiger partial charge < -0.3 is 20.1 Å². The van der Waals surface area contributed by atoms with E-state index in [1.807, 2.05) is 26.0 Å².